The van der Waals surface area contributed by atoms with E-state index in [0.717, 1.165) is 12.8 Å². The third-order valence-corrected chi connectivity index (χ3v) is 1.64. The normalized spacial score (nSPS) is 14.2. The van der Waals surface area contributed by atoms with Crippen molar-refractivity contribution in [2.24, 2.45) is 0 Å². The van der Waals surface area contributed by atoms with Crippen molar-refractivity contribution in [3.05, 3.63) is 23.9 Å². The Hall–Kier alpha value is -0.720. The van der Waals surface area contributed by atoms with Crippen LogP contribution in [0.5, 0.6) is 0 Å². The zero-order valence-electron chi connectivity index (χ0n) is 8.78. The van der Waals surface area contributed by atoms with E-state index in [1.165, 1.54) is 11.3 Å². The van der Waals surface area contributed by atoms with E-state index < -0.39 is 0 Å². The first-order valence-electron chi connectivity index (χ1n) is 4.64. The molecule has 0 saturated carbocycles. The van der Waals surface area contributed by atoms with E-state index in [-0.39, 0.29) is 0 Å². The molecule has 0 saturated heterocycles. The molecule has 0 heterocycles. The molecule has 0 aliphatic rings. The van der Waals surface area contributed by atoms with Gasteiger partial charge in [-0.15, -0.1) is 6.58 Å². The number of allylic oxidation sites excluding steroid dienone is 2. The second kappa shape index (κ2) is 5.87. The van der Waals surface area contributed by atoms with E-state index in [2.05, 4.69) is 45.7 Å². The zero-order chi connectivity index (χ0) is 9.56. The van der Waals surface area contributed by atoms with Crippen LogP contribution in [0.4, 0.5) is 0 Å². The molecule has 0 spiro atoms. The van der Waals surface area contributed by atoms with Crippen molar-refractivity contribution < 1.29 is 0 Å². The summed E-state index contributed by atoms with van der Waals surface area (Å²) < 4.78 is 0. The lowest BCUT2D eigenvalue weighted by Crippen LogP contribution is -2.24. The summed E-state index contributed by atoms with van der Waals surface area (Å²) in [4.78, 5) is 0. The Bertz CT molecular complexity index is 168. The van der Waals surface area contributed by atoms with Crippen molar-refractivity contribution in [3.8, 4) is 0 Å². The topological polar surface area (TPSA) is 12.0 Å². The van der Waals surface area contributed by atoms with E-state index >= 15 is 0 Å². The van der Waals surface area contributed by atoms with Gasteiger partial charge in [-0.2, -0.15) is 0 Å². The molecule has 0 aromatic rings. The van der Waals surface area contributed by atoms with Gasteiger partial charge in [0.15, 0.2) is 0 Å². The van der Waals surface area contributed by atoms with Gasteiger partial charge in [-0.05, 0) is 33.6 Å². The molecule has 1 unspecified atom stereocenters. The van der Waals surface area contributed by atoms with Crippen molar-refractivity contribution in [1.29, 1.82) is 0 Å². The van der Waals surface area contributed by atoms with E-state index in [1.54, 1.807) is 0 Å². The van der Waals surface area contributed by atoms with Gasteiger partial charge >= 0.3 is 0 Å². The van der Waals surface area contributed by atoms with E-state index in [9.17, 15) is 0 Å². The Kier molecular flexibility index (Phi) is 5.52. The van der Waals surface area contributed by atoms with Gasteiger partial charge in [-0.25, -0.2) is 0 Å². The minimum Gasteiger partial charge on any atom is -0.386 e. The molecule has 0 radical (unpaired) electrons. The van der Waals surface area contributed by atoms with Crippen LogP contribution in [0.3, 0.4) is 0 Å². The molecule has 0 aromatic heterocycles. The second-order valence-electron chi connectivity index (χ2n) is 3.50. The van der Waals surface area contributed by atoms with Crippen LogP contribution in [0.15, 0.2) is 23.9 Å². The maximum atomic E-state index is 3.89. The second-order valence-corrected chi connectivity index (χ2v) is 3.50. The van der Waals surface area contributed by atoms with Gasteiger partial charge in [-0.1, -0.05) is 18.6 Å². The van der Waals surface area contributed by atoms with Crippen molar-refractivity contribution >= 4 is 0 Å². The highest BCUT2D eigenvalue weighted by Gasteiger charge is 1.99. The van der Waals surface area contributed by atoms with Crippen LogP contribution in [-0.2, 0) is 0 Å². The van der Waals surface area contributed by atoms with E-state index in [1.807, 2.05) is 0 Å². The molecule has 1 heteroatoms. The number of rotatable bonds is 5. The third-order valence-electron chi connectivity index (χ3n) is 1.64. The lowest BCUT2D eigenvalue weighted by atomic mass is 10.1. The monoisotopic (exact) mass is 167 g/mol. The maximum absolute atomic E-state index is 3.89. The van der Waals surface area contributed by atoms with Crippen LogP contribution in [0.25, 0.3) is 0 Å². The van der Waals surface area contributed by atoms with Crippen molar-refractivity contribution in [2.45, 2.75) is 46.6 Å². The predicted molar refractivity (Wildman–Crippen MR) is 56.1 cm³/mol. The highest BCUT2D eigenvalue weighted by Crippen LogP contribution is 2.03. The smallest absolute Gasteiger partial charge is 0.0266 e. The molecule has 70 valence electrons. The minimum absolute atomic E-state index is 0.505. The molecule has 0 rings (SSSR count). The lowest BCUT2D eigenvalue weighted by Gasteiger charge is -2.15. The molecule has 0 aliphatic carbocycles. The molecule has 0 amide bonds. The summed E-state index contributed by atoms with van der Waals surface area (Å²) in [5, 5.41) is 3.41. The van der Waals surface area contributed by atoms with Crippen LogP contribution in [0, 0.1) is 0 Å². The van der Waals surface area contributed by atoms with Gasteiger partial charge in [0.1, 0.15) is 0 Å². The number of nitrogens with one attached hydrogen (secondary N) is 1. The Labute approximate surface area is 76.6 Å². The number of hydrogen-bond donors (Lipinski definition) is 1. The summed E-state index contributed by atoms with van der Waals surface area (Å²) in [6, 6.07) is 0.505. The Morgan fingerprint density at radius 1 is 1.50 bits per heavy atom. The van der Waals surface area contributed by atoms with Crippen molar-refractivity contribution in [2.75, 3.05) is 0 Å². The van der Waals surface area contributed by atoms with Gasteiger partial charge in [-0.3, -0.25) is 0 Å². The quantitative estimate of drug-likeness (QED) is 0.620. The van der Waals surface area contributed by atoms with Gasteiger partial charge in [0, 0.05) is 11.7 Å². The number of hydrogen-bond acceptors (Lipinski definition) is 1. The third kappa shape index (κ3) is 6.02. The lowest BCUT2D eigenvalue weighted by molar-refractivity contribution is 0.607. The summed E-state index contributed by atoms with van der Waals surface area (Å²) in [6.45, 7) is 12.4. The van der Waals surface area contributed by atoms with E-state index in [4.69, 9.17) is 0 Å². The first kappa shape index (κ1) is 11.3. The predicted octanol–water partition coefficient (Wildman–Crippen LogP) is 3.24. The molecule has 0 aromatic carbocycles. The summed E-state index contributed by atoms with van der Waals surface area (Å²) in [5.41, 5.74) is 2.51. The fourth-order valence-corrected chi connectivity index (χ4v) is 1.33. The van der Waals surface area contributed by atoms with E-state index in [0.29, 0.717) is 6.04 Å². The van der Waals surface area contributed by atoms with Crippen molar-refractivity contribution in [1.82, 2.24) is 5.32 Å². The largest absolute Gasteiger partial charge is 0.386 e. The molecule has 1 nitrogen and oxygen atoms in total. The van der Waals surface area contributed by atoms with Gasteiger partial charge < -0.3 is 5.32 Å². The minimum atomic E-state index is 0.505. The fraction of sp³-hybridized carbons (Fsp3) is 0.636. The molecule has 0 fully saturated rings. The summed E-state index contributed by atoms with van der Waals surface area (Å²) >= 11 is 0. The van der Waals surface area contributed by atoms with Gasteiger partial charge in [0.2, 0.25) is 0 Å². The average molecular weight is 167 g/mol. The summed E-state index contributed by atoms with van der Waals surface area (Å²) in [6.07, 6.45) is 4.35. The van der Waals surface area contributed by atoms with Gasteiger partial charge in [0.25, 0.3) is 0 Å². The van der Waals surface area contributed by atoms with Gasteiger partial charge in [0.05, 0.1) is 0 Å². The Balaban J connectivity index is 3.75. The maximum Gasteiger partial charge on any atom is 0.0266 e. The SMILES string of the molecule is C=C(C)CC(C)N/C(C)=C/CC. The highest BCUT2D eigenvalue weighted by molar-refractivity contribution is 4.99. The molecular weight excluding hydrogens is 146 g/mol. The molecular formula is C11H21N. The highest BCUT2D eigenvalue weighted by atomic mass is 14.9. The Morgan fingerprint density at radius 2 is 2.08 bits per heavy atom. The molecule has 1 N–H and O–H groups in total. The standard InChI is InChI=1S/C11H21N/c1-6-7-10(4)12-11(5)8-9(2)3/h7,11-12H,2,6,8H2,1,3-5H3/b10-7+. The molecule has 12 heavy (non-hydrogen) atoms. The zero-order valence-corrected chi connectivity index (χ0v) is 8.78. The summed E-state index contributed by atoms with van der Waals surface area (Å²) in [7, 11) is 0. The van der Waals surface area contributed by atoms with Crippen LogP contribution < -0.4 is 5.32 Å². The average Bonchev–Trinajstić information content (AvgIpc) is 1.84. The van der Waals surface area contributed by atoms with Crippen LogP contribution in [0.1, 0.15) is 40.5 Å². The molecule has 0 bridgehead atoms. The van der Waals surface area contributed by atoms with Crippen molar-refractivity contribution in [3.63, 3.8) is 0 Å². The first-order chi connectivity index (χ1) is 5.56. The first-order valence-corrected chi connectivity index (χ1v) is 4.64. The molecule has 1 atom stereocenters. The van der Waals surface area contributed by atoms with Crippen LogP contribution >= 0.6 is 0 Å². The fourth-order valence-electron chi connectivity index (χ4n) is 1.33. The molecule has 0 aliphatic heterocycles. The summed E-state index contributed by atoms with van der Waals surface area (Å²) in [5.74, 6) is 0. The van der Waals surface area contributed by atoms with Crippen LogP contribution in [0.2, 0.25) is 0 Å². The Morgan fingerprint density at radius 3 is 2.50 bits per heavy atom. The van der Waals surface area contributed by atoms with Crippen LogP contribution in [-0.4, -0.2) is 6.04 Å².